The lowest BCUT2D eigenvalue weighted by atomic mass is 10.3. The molecule has 0 heterocycles. The highest BCUT2D eigenvalue weighted by Crippen LogP contribution is 1.87. The van der Waals surface area contributed by atoms with Crippen molar-refractivity contribution in [1.29, 1.82) is 0 Å². The van der Waals surface area contributed by atoms with E-state index in [2.05, 4.69) is 5.32 Å². The van der Waals surface area contributed by atoms with E-state index in [1.165, 1.54) is 0 Å². The average molecular weight is 161 g/mol. The van der Waals surface area contributed by atoms with Crippen LogP contribution in [0.15, 0.2) is 0 Å². The Morgan fingerprint density at radius 3 is 2.73 bits per heavy atom. The number of nitrogens with one attached hydrogen (secondary N) is 1. The van der Waals surface area contributed by atoms with E-state index in [0.29, 0.717) is 6.54 Å². The summed E-state index contributed by atoms with van der Waals surface area (Å²) < 4.78 is 5.16. The standard InChI is InChI=1S/C8H19NO2/c1-2-11-8-4-3-5-9-6-7-10/h9-10H,2-8H2,1H3. The smallest absolute Gasteiger partial charge is 0.0555 e. The maximum Gasteiger partial charge on any atom is 0.0555 e. The second kappa shape index (κ2) is 9.88. The third-order valence-corrected chi connectivity index (χ3v) is 1.38. The Morgan fingerprint density at radius 2 is 2.09 bits per heavy atom. The highest BCUT2D eigenvalue weighted by Gasteiger charge is 1.87. The van der Waals surface area contributed by atoms with Crippen molar-refractivity contribution in [3.05, 3.63) is 0 Å². The predicted octanol–water partition coefficient (Wildman–Crippen LogP) is 0.385. The van der Waals surface area contributed by atoms with E-state index in [9.17, 15) is 0 Å². The lowest BCUT2D eigenvalue weighted by molar-refractivity contribution is 0.143. The van der Waals surface area contributed by atoms with E-state index in [1.807, 2.05) is 6.92 Å². The normalized spacial score (nSPS) is 10.4. The largest absolute Gasteiger partial charge is 0.395 e. The SMILES string of the molecule is CCOCCCCNCCO. The fourth-order valence-electron chi connectivity index (χ4n) is 0.803. The summed E-state index contributed by atoms with van der Waals surface area (Å²) in [6.45, 7) is 5.58. The third kappa shape index (κ3) is 9.88. The molecule has 0 aliphatic rings. The maximum atomic E-state index is 8.42. The second-order valence-corrected chi connectivity index (χ2v) is 2.38. The Bertz CT molecular complexity index is 61.1. The lowest BCUT2D eigenvalue weighted by Gasteiger charge is -2.02. The molecule has 68 valence electrons. The van der Waals surface area contributed by atoms with Crippen LogP contribution in [0.5, 0.6) is 0 Å². The number of ether oxygens (including phenoxy) is 1. The van der Waals surface area contributed by atoms with Crippen LogP contribution in [0.4, 0.5) is 0 Å². The molecular formula is C8H19NO2. The van der Waals surface area contributed by atoms with Crippen LogP contribution in [0.3, 0.4) is 0 Å². The first kappa shape index (κ1) is 10.9. The van der Waals surface area contributed by atoms with Gasteiger partial charge >= 0.3 is 0 Å². The van der Waals surface area contributed by atoms with Gasteiger partial charge in [-0.3, -0.25) is 0 Å². The second-order valence-electron chi connectivity index (χ2n) is 2.38. The van der Waals surface area contributed by atoms with Crippen LogP contribution >= 0.6 is 0 Å². The van der Waals surface area contributed by atoms with Crippen LogP contribution in [-0.4, -0.2) is 38.0 Å². The maximum absolute atomic E-state index is 8.42. The van der Waals surface area contributed by atoms with Crippen molar-refractivity contribution in [1.82, 2.24) is 5.32 Å². The summed E-state index contributed by atoms with van der Waals surface area (Å²) in [5, 5.41) is 11.5. The number of rotatable bonds is 8. The fourth-order valence-corrected chi connectivity index (χ4v) is 0.803. The minimum atomic E-state index is 0.228. The highest BCUT2D eigenvalue weighted by molar-refractivity contribution is 4.46. The molecule has 0 aromatic carbocycles. The van der Waals surface area contributed by atoms with Crippen molar-refractivity contribution in [2.24, 2.45) is 0 Å². The molecule has 0 atom stereocenters. The number of hydrogen-bond donors (Lipinski definition) is 2. The molecule has 0 radical (unpaired) electrons. The van der Waals surface area contributed by atoms with E-state index in [0.717, 1.165) is 32.6 Å². The van der Waals surface area contributed by atoms with Gasteiger partial charge in [0.15, 0.2) is 0 Å². The molecule has 0 spiro atoms. The number of aliphatic hydroxyl groups is 1. The molecule has 0 fully saturated rings. The molecule has 0 amide bonds. The fraction of sp³-hybridized carbons (Fsp3) is 1.00. The van der Waals surface area contributed by atoms with Crippen molar-refractivity contribution >= 4 is 0 Å². The van der Waals surface area contributed by atoms with Crippen molar-refractivity contribution in [3.8, 4) is 0 Å². The monoisotopic (exact) mass is 161 g/mol. The van der Waals surface area contributed by atoms with Gasteiger partial charge in [-0.15, -0.1) is 0 Å². The van der Waals surface area contributed by atoms with Crippen molar-refractivity contribution < 1.29 is 9.84 Å². The van der Waals surface area contributed by atoms with Crippen LogP contribution < -0.4 is 5.32 Å². The molecule has 0 aliphatic carbocycles. The van der Waals surface area contributed by atoms with Gasteiger partial charge in [0.1, 0.15) is 0 Å². The van der Waals surface area contributed by atoms with Gasteiger partial charge < -0.3 is 15.2 Å². The zero-order valence-corrected chi connectivity index (χ0v) is 7.31. The molecule has 0 aromatic rings. The third-order valence-electron chi connectivity index (χ3n) is 1.38. The number of unbranched alkanes of at least 4 members (excludes halogenated alkanes) is 1. The summed E-state index contributed by atoms with van der Waals surface area (Å²) in [6.07, 6.45) is 2.23. The summed E-state index contributed by atoms with van der Waals surface area (Å²) in [5.41, 5.74) is 0. The molecule has 0 unspecified atom stereocenters. The number of aliphatic hydroxyl groups excluding tert-OH is 1. The Balaban J connectivity index is 2.69. The Labute approximate surface area is 68.8 Å². The van der Waals surface area contributed by atoms with Gasteiger partial charge in [0, 0.05) is 19.8 Å². The van der Waals surface area contributed by atoms with Gasteiger partial charge in [-0.25, -0.2) is 0 Å². The molecule has 0 rings (SSSR count). The summed E-state index contributed by atoms with van der Waals surface area (Å²) in [6, 6.07) is 0. The van der Waals surface area contributed by atoms with Gasteiger partial charge in [-0.05, 0) is 26.3 Å². The van der Waals surface area contributed by atoms with Gasteiger partial charge in [0.05, 0.1) is 6.61 Å². The summed E-state index contributed by atoms with van der Waals surface area (Å²) in [4.78, 5) is 0. The first-order valence-electron chi connectivity index (χ1n) is 4.31. The van der Waals surface area contributed by atoms with E-state index >= 15 is 0 Å². The van der Waals surface area contributed by atoms with Crippen molar-refractivity contribution in [2.45, 2.75) is 19.8 Å². The molecule has 3 heteroatoms. The first-order chi connectivity index (χ1) is 5.41. The van der Waals surface area contributed by atoms with E-state index < -0.39 is 0 Å². The summed E-state index contributed by atoms with van der Waals surface area (Å²) in [5.74, 6) is 0. The van der Waals surface area contributed by atoms with Crippen LogP contribution in [0, 0.1) is 0 Å². The molecule has 2 N–H and O–H groups in total. The highest BCUT2D eigenvalue weighted by atomic mass is 16.5. The van der Waals surface area contributed by atoms with Crippen LogP contribution in [0.25, 0.3) is 0 Å². The first-order valence-corrected chi connectivity index (χ1v) is 4.31. The van der Waals surface area contributed by atoms with Gasteiger partial charge in [0.2, 0.25) is 0 Å². The zero-order chi connectivity index (χ0) is 8.36. The Kier molecular flexibility index (Phi) is 9.77. The van der Waals surface area contributed by atoms with Crippen LogP contribution in [0.1, 0.15) is 19.8 Å². The Morgan fingerprint density at radius 1 is 1.27 bits per heavy atom. The van der Waals surface area contributed by atoms with E-state index in [1.54, 1.807) is 0 Å². The molecule has 0 aromatic heterocycles. The molecule has 11 heavy (non-hydrogen) atoms. The van der Waals surface area contributed by atoms with Gasteiger partial charge in [-0.1, -0.05) is 0 Å². The van der Waals surface area contributed by atoms with Crippen LogP contribution in [0.2, 0.25) is 0 Å². The average Bonchev–Trinajstić information content (AvgIpc) is 2.03. The topological polar surface area (TPSA) is 41.5 Å². The molecule has 3 nitrogen and oxygen atoms in total. The van der Waals surface area contributed by atoms with Gasteiger partial charge in [0.25, 0.3) is 0 Å². The van der Waals surface area contributed by atoms with Gasteiger partial charge in [-0.2, -0.15) is 0 Å². The van der Waals surface area contributed by atoms with Crippen molar-refractivity contribution in [2.75, 3.05) is 32.9 Å². The lowest BCUT2D eigenvalue weighted by Crippen LogP contribution is -2.19. The quantitative estimate of drug-likeness (QED) is 0.506. The molecular weight excluding hydrogens is 142 g/mol. The zero-order valence-electron chi connectivity index (χ0n) is 7.31. The van der Waals surface area contributed by atoms with Crippen molar-refractivity contribution in [3.63, 3.8) is 0 Å². The van der Waals surface area contributed by atoms with E-state index in [4.69, 9.17) is 9.84 Å². The molecule has 0 saturated carbocycles. The number of hydrogen-bond acceptors (Lipinski definition) is 3. The Hall–Kier alpha value is -0.120. The predicted molar refractivity (Wildman–Crippen MR) is 45.7 cm³/mol. The summed E-state index contributed by atoms with van der Waals surface area (Å²) >= 11 is 0. The molecule has 0 bridgehead atoms. The minimum Gasteiger partial charge on any atom is -0.395 e. The minimum absolute atomic E-state index is 0.228. The summed E-state index contributed by atoms with van der Waals surface area (Å²) in [7, 11) is 0. The van der Waals surface area contributed by atoms with Crippen LogP contribution in [-0.2, 0) is 4.74 Å². The molecule has 0 saturated heterocycles. The molecule has 0 aliphatic heterocycles. The van der Waals surface area contributed by atoms with E-state index in [-0.39, 0.29) is 6.61 Å².